The first-order chi connectivity index (χ1) is 10.6. The van der Waals surface area contributed by atoms with Gasteiger partial charge < -0.3 is 15.2 Å². The van der Waals surface area contributed by atoms with Gasteiger partial charge in [0.25, 0.3) is 5.91 Å². The van der Waals surface area contributed by atoms with Crippen LogP contribution < -0.4 is 5.32 Å². The lowest BCUT2D eigenvalue weighted by molar-refractivity contribution is 0.0827. The molecule has 2 aromatic heterocycles. The fraction of sp³-hybridized carbons (Fsp3) is 0.176. The van der Waals surface area contributed by atoms with Crippen LogP contribution in [0, 0.1) is 6.92 Å². The zero-order chi connectivity index (χ0) is 15.7. The number of pyridine rings is 1. The molecule has 0 spiro atoms. The van der Waals surface area contributed by atoms with Crippen LogP contribution in [-0.4, -0.2) is 34.9 Å². The van der Waals surface area contributed by atoms with E-state index in [1.807, 2.05) is 37.3 Å². The van der Waals surface area contributed by atoms with Crippen molar-refractivity contribution in [2.24, 2.45) is 0 Å². The molecule has 112 valence electrons. The molecular formula is C17H18N4O. The van der Waals surface area contributed by atoms with Gasteiger partial charge in [-0.25, -0.2) is 0 Å². The van der Waals surface area contributed by atoms with Crippen LogP contribution in [0.5, 0.6) is 0 Å². The number of hydrogen-bond acceptors (Lipinski definition) is 3. The normalized spacial score (nSPS) is 10.7. The second-order valence-corrected chi connectivity index (χ2v) is 5.45. The maximum absolute atomic E-state index is 12.2. The smallest absolute Gasteiger partial charge is 0.253 e. The fourth-order valence-electron chi connectivity index (χ4n) is 2.43. The molecule has 0 atom stereocenters. The molecule has 2 N–H and O–H groups in total. The van der Waals surface area contributed by atoms with Gasteiger partial charge in [-0.1, -0.05) is 6.07 Å². The molecule has 5 heteroatoms. The largest absolute Gasteiger partial charge is 0.345 e. The van der Waals surface area contributed by atoms with Crippen molar-refractivity contribution in [2.75, 3.05) is 19.4 Å². The van der Waals surface area contributed by atoms with Crippen molar-refractivity contribution < 1.29 is 4.79 Å². The number of carbonyl (C=O) groups excluding carboxylic acids is 1. The van der Waals surface area contributed by atoms with E-state index >= 15 is 0 Å². The lowest BCUT2D eigenvalue weighted by atomic mass is 10.1. The first-order valence-electron chi connectivity index (χ1n) is 7.07. The van der Waals surface area contributed by atoms with E-state index in [0.29, 0.717) is 5.56 Å². The number of hydrogen-bond donors (Lipinski definition) is 2. The summed E-state index contributed by atoms with van der Waals surface area (Å²) in [5, 5.41) is 4.43. The van der Waals surface area contributed by atoms with Crippen molar-refractivity contribution in [3.05, 3.63) is 53.9 Å². The average Bonchev–Trinajstić information content (AvgIpc) is 2.91. The minimum absolute atomic E-state index is 0.00185. The van der Waals surface area contributed by atoms with Gasteiger partial charge in [-0.2, -0.15) is 0 Å². The monoisotopic (exact) mass is 294 g/mol. The standard InChI is InChI=1S/C17H18N4O/c1-11-13(17(22)21(2)3)5-4-6-14(11)19-16-9-12-7-8-18-10-15(12)20-16/h4-10,19-20H,1-3H3. The quantitative estimate of drug-likeness (QED) is 0.779. The first-order valence-corrected chi connectivity index (χ1v) is 7.07. The molecule has 3 aromatic rings. The number of aromatic nitrogens is 2. The Morgan fingerprint density at radius 1 is 1.27 bits per heavy atom. The fourth-order valence-corrected chi connectivity index (χ4v) is 2.43. The van der Waals surface area contributed by atoms with Gasteiger partial charge in [-0.05, 0) is 36.8 Å². The number of amides is 1. The number of nitrogens with zero attached hydrogens (tertiary/aromatic N) is 2. The van der Waals surface area contributed by atoms with Crippen LogP contribution in [0.4, 0.5) is 11.5 Å². The molecule has 0 aliphatic rings. The number of anilines is 2. The molecule has 0 bridgehead atoms. The van der Waals surface area contributed by atoms with Crippen LogP contribution in [-0.2, 0) is 0 Å². The summed E-state index contributed by atoms with van der Waals surface area (Å²) < 4.78 is 0. The van der Waals surface area contributed by atoms with E-state index in [9.17, 15) is 4.79 Å². The third-order valence-electron chi connectivity index (χ3n) is 3.66. The molecule has 0 aliphatic heterocycles. The number of H-pyrrole nitrogens is 1. The molecular weight excluding hydrogens is 276 g/mol. The number of benzene rings is 1. The van der Waals surface area contributed by atoms with Crippen LogP contribution in [0.15, 0.2) is 42.7 Å². The summed E-state index contributed by atoms with van der Waals surface area (Å²) in [5.41, 5.74) is 3.51. The Bertz CT molecular complexity index is 803. The van der Waals surface area contributed by atoms with Gasteiger partial charge in [0.1, 0.15) is 5.82 Å². The Labute approximate surface area is 129 Å². The maximum atomic E-state index is 12.2. The highest BCUT2D eigenvalue weighted by molar-refractivity contribution is 5.97. The third kappa shape index (κ3) is 2.53. The van der Waals surface area contributed by atoms with Gasteiger partial charge in [0, 0.05) is 36.9 Å². The van der Waals surface area contributed by atoms with E-state index in [0.717, 1.165) is 28.0 Å². The minimum Gasteiger partial charge on any atom is -0.345 e. The Morgan fingerprint density at radius 3 is 2.82 bits per heavy atom. The van der Waals surface area contributed by atoms with Gasteiger partial charge in [0.15, 0.2) is 0 Å². The summed E-state index contributed by atoms with van der Waals surface area (Å²) >= 11 is 0. The number of fused-ring (bicyclic) bond motifs is 1. The van der Waals surface area contributed by atoms with E-state index in [4.69, 9.17) is 0 Å². The van der Waals surface area contributed by atoms with E-state index in [1.54, 1.807) is 31.4 Å². The lowest BCUT2D eigenvalue weighted by Crippen LogP contribution is -2.22. The molecule has 0 aliphatic carbocycles. The molecule has 0 unspecified atom stereocenters. The number of nitrogens with one attached hydrogen (secondary N) is 2. The molecule has 22 heavy (non-hydrogen) atoms. The van der Waals surface area contributed by atoms with Crippen molar-refractivity contribution in [2.45, 2.75) is 6.92 Å². The predicted octanol–water partition coefficient (Wildman–Crippen LogP) is 3.32. The zero-order valence-corrected chi connectivity index (χ0v) is 12.8. The Hall–Kier alpha value is -2.82. The average molecular weight is 294 g/mol. The summed E-state index contributed by atoms with van der Waals surface area (Å²) in [4.78, 5) is 21.1. The lowest BCUT2D eigenvalue weighted by Gasteiger charge is -2.15. The van der Waals surface area contributed by atoms with Gasteiger partial charge in [0.2, 0.25) is 0 Å². The molecule has 0 fully saturated rings. The number of rotatable bonds is 3. The second-order valence-electron chi connectivity index (χ2n) is 5.45. The molecule has 2 heterocycles. The Balaban J connectivity index is 1.95. The Kier molecular flexibility index (Phi) is 3.55. The van der Waals surface area contributed by atoms with Crippen molar-refractivity contribution in [3.8, 4) is 0 Å². The molecule has 5 nitrogen and oxygen atoms in total. The van der Waals surface area contributed by atoms with Crippen molar-refractivity contribution in [3.63, 3.8) is 0 Å². The summed E-state index contributed by atoms with van der Waals surface area (Å²) in [6, 6.07) is 9.67. The third-order valence-corrected chi connectivity index (χ3v) is 3.66. The SMILES string of the molecule is Cc1c(Nc2cc3ccncc3[nH]2)cccc1C(=O)N(C)C. The van der Waals surface area contributed by atoms with Crippen molar-refractivity contribution in [1.82, 2.24) is 14.9 Å². The topological polar surface area (TPSA) is 61.0 Å². The molecule has 1 aromatic carbocycles. The summed E-state index contributed by atoms with van der Waals surface area (Å²) in [6.45, 7) is 1.95. The molecule has 3 rings (SSSR count). The second kappa shape index (κ2) is 5.52. The van der Waals surface area contributed by atoms with Crippen molar-refractivity contribution in [1.29, 1.82) is 0 Å². The van der Waals surface area contributed by atoms with Crippen LogP contribution in [0.1, 0.15) is 15.9 Å². The van der Waals surface area contributed by atoms with Crippen LogP contribution in [0.25, 0.3) is 10.9 Å². The van der Waals surface area contributed by atoms with E-state index in [-0.39, 0.29) is 5.91 Å². The highest BCUT2D eigenvalue weighted by atomic mass is 16.2. The number of carbonyl (C=O) groups is 1. The summed E-state index contributed by atoms with van der Waals surface area (Å²) in [6.07, 6.45) is 3.56. The van der Waals surface area contributed by atoms with Crippen LogP contribution in [0.2, 0.25) is 0 Å². The number of aromatic amines is 1. The highest BCUT2D eigenvalue weighted by Gasteiger charge is 2.13. The predicted molar refractivity (Wildman–Crippen MR) is 88.6 cm³/mol. The van der Waals surface area contributed by atoms with Gasteiger partial charge in [-0.15, -0.1) is 0 Å². The van der Waals surface area contributed by atoms with Crippen LogP contribution in [0.3, 0.4) is 0 Å². The Morgan fingerprint density at radius 2 is 2.09 bits per heavy atom. The molecule has 1 amide bonds. The van der Waals surface area contributed by atoms with E-state index in [2.05, 4.69) is 15.3 Å². The van der Waals surface area contributed by atoms with E-state index in [1.165, 1.54) is 0 Å². The maximum Gasteiger partial charge on any atom is 0.253 e. The molecule has 0 saturated carbocycles. The van der Waals surface area contributed by atoms with Gasteiger partial charge in [-0.3, -0.25) is 9.78 Å². The molecule has 0 radical (unpaired) electrons. The van der Waals surface area contributed by atoms with Crippen LogP contribution >= 0.6 is 0 Å². The van der Waals surface area contributed by atoms with Gasteiger partial charge in [0.05, 0.1) is 11.7 Å². The minimum atomic E-state index is 0.00185. The van der Waals surface area contributed by atoms with Crippen molar-refractivity contribution >= 4 is 28.3 Å². The zero-order valence-electron chi connectivity index (χ0n) is 12.8. The highest BCUT2D eigenvalue weighted by Crippen LogP contribution is 2.25. The first kappa shape index (κ1) is 14.1. The summed E-state index contributed by atoms with van der Waals surface area (Å²) in [7, 11) is 3.51. The van der Waals surface area contributed by atoms with E-state index < -0.39 is 0 Å². The van der Waals surface area contributed by atoms with Gasteiger partial charge >= 0.3 is 0 Å². The summed E-state index contributed by atoms with van der Waals surface area (Å²) in [5.74, 6) is 0.877. The molecule has 0 saturated heterocycles.